The lowest BCUT2D eigenvalue weighted by atomic mass is 10.1. The average molecular weight is 291 g/mol. The van der Waals surface area contributed by atoms with Crippen LogP contribution in [0.15, 0.2) is 42.0 Å². The second-order valence-corrected chi connectivity index (χ2v) is 5.68. The number of hydrogen-bond acceptors (Lipinski definition) is 1. The predicted molar refractivity (Wildman–Crippen MR) is 80.0 cm³/mol. The number of aromatic hydroxyl groups is 1. The fourth-order valence-electron chi connectivity index (χ4n) is 2.50. The minimum atomic E-state index is 0.325. The van der Waals surface area contributed by atoms with E-state index in [0.717, 1.165) is 18.4 Å². The van der Waals surface area contributed by atoms with E-state index in [4.69, 9.17) is 23.2 Å². The molecule has 1 aliphatic rings. The Bertz CT molecular complexity index is 654. The first-order valence-corrected chi connectivity index (χ1v) is 6.82. The third-order valence-electron chi connectivity index (χ3n) is 3.28. The molecule has 3 heteroatoms. The average Bonchev–Trinajstić information content (AvgIpc) is 2.68. The number of halogens is 2. The normalized spacial score (nSPS) is 15.8. The molecule has 1 aliphatic carbocycles. The molecule has 0 atom stereocenters. The lowest BCUT2D eigenvalue weighted by Crippen LogP contribution is -1.82. The monoisotopic (exact) mass is 290 g/mol. The van der Waals surface area contributed by atoms with E-state index >= 15 is 0 Å². The van der Waals surface area contributed by atoms with Gasteiger partial charge in [0.25, 0.3) is 0 Å². The van der Waals surface area contributed by atoms with Gasteiger partial charge in [-0.1, -0.05) is 40.9 Å². The molecule has 0 saturated carbocycles. The Morgan fingerprint density at radius 2 is 1.58 bits per heavy atom. The van der Waals surface area contributed by atoms with Crippen LogP contribution in [-0.4, -0.2) is 5.11 Å². The van der Waals surface area contributed by atoms with Gasteiger partial charge in [0, 0.05) is 10.0 Å². The lowest BCUT2D eigenvalue weighted by Gasteiger charge is -2.00. The summed E-state index contributed by atoms with van der Waals surface area (Å²) in [5, 5.41) is 10.8. The van der Waals surface area contributed by atoms with Crippen molar-refractivity contribution in [2.24, 2.45) is 0 Å². The van der Waals surface area contributed by atoms with Crippen molar-refractivity contribution < 1.29 is 5.11 Å². The summed E-state index contributed by atoms with van der Waals surface area (Å²) in [6.07, 6.45) is 3.91. The molecule has 19 heavy (non-hydrogen) atoms. The predicted octanol–water partition coefficient (Wildman–Crippen LogP) is 4.88. The van der Waals surface area contributed by atoms with Gasteiger partial charge < -0.3 is 5.11 Å². The maximum Gasteiger partial charge on any atom is 0.115 e. The van der Waals surface area contributed by atoms with Gasteiger partial charge in [-0.2, -0.15) is 0 Å². The van der Waals surface area contributed by atoms with E-state index in [0.29, 0.717) is 15.8 Å². The summed E-state index contributed by atoms with van der Waals surface area (Å²) in [4.78, 5) is 0. The zero-order valence-corrected chi connectivity index (χ0v) is 11.7. The molecule has 2 aromatic rings. The van der Waals surface area contributed by atoms with Crippen molar-refractivity contribution in [3.8, 4) is 5.75 Å². The zero-order valence-electron chi connectivity index (χ0n) is 10.2. The van der Waals surface area contributed by atoms with Gasteiger partial charge in [0.1, 0.15) is 5.75 Å². The number of rotatable bonds is 1. The Kier molecular flexibility index (Phi) is 3.26. The van der Waals surface area contributed by atoms with Gasteiger partial charge in [-0.25, -0.2) is 0 Å². The van der Waals surface area contributed by atoms with E-state index in [-0.39, 0.29) is 0 Å². The molecule has 0 bridgehead atoms. The highest BCUT2D eigenvalue weighted by Gasteiger charge is 2.15. The van der Waals surface area contributed by atoms with Crippen molar-refractivity contribution >= 4 is 29.3 Å². The highest BCUT2D eigenvalue weighted by atomic mass is 35.5. The SMILES string of the molecule is Oc1ccc2c(c1)C/C(=C\c1cc(Cl)cc(Cl)c1)C2. The minimum absolute atomic E-state index is 0.325. The number of phenols is 1. The molecule has 0 radical (unpaired) electrons. The van der Waals surface area contributed by atoms with Crippen LogP contribution in [0.2, 0.25) is 10.0 Å². The number of fused-ring (bicyclic) bond motifs is 1. The standard InChI is InChI=1S/C16H12Cl2O/c17-14-6-11(7-15(18)9-14)3-10-4-12-1-2-16(19)8-13(12)5-10/h1-3,6-9,19H,4-5H2/b10-3-. The zero-order chi connectivity index (χ0) is 13.4. The van der Waals surface area contributed by atoms with Crippen molar-refractivity contribution in [3.05, 3.63) is 68.7 Å². The minimum Gasteiger partial charge on any atom is -0.508 e. The van der Waals surface area contributed by atoms with Gasteiger partial charge in [-0.05, 0) is 59.9 Å². The molecule has 0 spiro atoms. The summed E-state index contributed by atoms with van der Waals surface area (Å²) in [6.45, 7) is 0. The van der Waals surface area contributed by atoms with E-state index in [2.05, 4.69) is 6.08 Å². The Morgan fingerprint density at radius 1 is 0.895 bits per heavy atom. The van der Waals surface area contributed by atoms with Crippen LogP contribution in [-0.2, 0) is 12.8 Å². The fraction of sp³-hybridized carbons (Fsp3) is 0.125. The van der Waals surface area contributed by atoms with Crippen LogP contribution in [0.1, 0.15) is 16.7 Å². The molecular weight excluding hydrogens is 279 g/mol. The van der Waals surface area contributed by atoms with Crippen LogP contribution in [0.4, 0.5) is 0 Å². The molecule has 1 N–H and O–H groups in total. The molecule has 2 aromatic carbocycles. The summed E-state index contributed by atoms with van der Waals surface area (Å²) in [5.41, 5.74) is 4.79. The largest absolute Gasteiger partial charge is 0.508 e. The lowest BCUT2D eigenvalue weighted by molar-refractivity contribution is 0.474. The van der Waals surface area contributed by atoms with Gasteiger partial charge in [0.15, 0.2) is 0 Å². The van der Waals surface area contributed by atoms with E-state index in [1.807, 2.05) is 24.3 Å². The van der Waals surface area contributed by atoms with Crippen LogP contribution in [0.25, 0.3) is 6.08 Å². The third-order valence-corrected chi connectivity index (χ3v) is 3.72. The van der Waals surface area contributed by atoms with E-state index < -0.39 is 0 Å². The fourth-order valence-corrected chi connectivity index (χ4v) is 3.04. The molecule has 96 valence electrons. The number of allylic oxidation sites excluding steroid dienone is 1. The van der Waals surface area contributed by atoms with Crippen LogP contribution in [0.3, 0.4) is 0 Å². The van der Waals surface area contributed by atoms with Gasteiger partial charge in [-0.3, -0.25) is 0 Å². The quantitative estimate of drug-likeness (QED) is 0.793. The molecular formula is C16H12Cl2O. The molecule has 1 nitrogen and oxygen atoms in total. The van der Waals surface area contributed by atoms with Crippen LogP contribution < -0.4 is 0 Å². The smallest absolute Gasteiger partial charge is 0.115 e. The molecule has 0 fully saturated rings. The van der Waals surface area contributed by atoms with Crippen molar-refractivity contribution in [1.29, 1.82) is 0 Å². The van der Waals surface area contributed by atoms with Crippen LogP contribution >= 0.6 is 23.2 Å². The summed E-state index contributed by atoms with van der Waals surface area (Å²) in [6, 6.07) is 11.1. The number of phenolic OH excluding ortho intramolecular Hbond substituents is 1. The van der Waals surface area contributed by atoms with Gasteiger partial charge >= 0.3 is 0 Å². The summed E-state index contributed by atoms with van der Waals surface area (Å²) < 4.78 is 0. The van der Waals surface area contributed by atoms with Gasteiger partial charge in [0.05, 0.1) is 0 Å². The van der Waals surface area contributed by atoms with Crippen LogP contribution in [0.5, 0.6) is 5.75 Å². The molecule has 0 heterocycles. The highest BCUT2D eigenvalue weighted by molar-refractivity contribution is 6.34. The maximum atomic E-state index is 9.49. The van der Waals surface area contributed by atoms with Crippen molar-refractivity contribution in [1.82, 2.24) is 0 Å². The second-order valence-electron chi connectivity index (χ2n) is 4.81. The van der Waals surface area contributed by atoms with Crippen LogP contribution in [0, 0.1) is 0 Å². The van der Waals surface area contributed by atoms with Crippen molar-refractivity contribution in [2.45, 2.75) is 12.8 Å². The first-order valence-electron chi connectivity index (χ1n) is 6.06. The molecule has 3 rings (SSSR count). The van der Waals surface area contributed by atoms with Gasteiger partial charge in [0.2, 0.25) is 0 Å². The highest BCUT2D eigenvalue weighted by Crippen LogP contribution is 2.31. The topological polar surface area (TPSA) is 20.2 Å². The third kappa shape index (κ3) is 2.78. The summed E-state index contributed by atoms with van der Waals surface area (Å²) >= 11 is 12.0. The first-order chi connectivity index (χ1) is 9.10. The summed E-state index contributed by atoms with van der Waals surface area (Å²) in [5.74, 6) is 0.325. The van der Waals surface area contributed by atoms with Crippen molar-refractivity contribution in [2.75, 3.05) is 0 Å². The molecule has 0 aliphatic heterocycles. The second kappa shape index (κ2) is 4.92. The maximum absolute atomic E-state index is 9.49. The number of hydrogen-bond donors (Lipinski definition) is 1. The molecule has 0 amide bonds. The van der Waals surface area contributed by atoms with E-state index in [9.17, 15) is 5.11 Å². The Hall–Kier alpha value is -1.44. The Labute approximate surface area is 122 Å². The Balaban J connectivity index is 1.91. The van der Waals surface area contributed by atoms with E-state index in [1.54, 1.807) is 12.1 Å². The molecule has 0 aromatic heterocycles. The number of benzene rings is 2. The first kappa shape index (κ1) is 12.6. The van der Waals surface area contributed by atoms with E-state index in [1.165, 1.54) is 16.7 Å². The summed E-state index contributed by atoms with van der Waals surface area (Å²) in [7, 11) is 0. The molecule has 0 unspecified atom stereocenters. The van der Waals surface area contributed by atoms with Crippen molar-refractivity contribution in [3.63, 3.8) is 0 Å². The Morgan fingerprint density at radius 3 is 2.32 bits per heavy atom. The molecule has 0 saturated heterocycles. The van der Waals surface area contributed by atoms with Gasteiger partial charge in [-0.15, -0.1) is 0 Å².